The summed E-state index contributed by atoms with van der Waals surface area (Å²) in [7, 11) is 0. The zero-order valence-electron chi connectivity index (χ0n) is 16.9. The quantitative estimate of drug-likeness (QED) is 0.506. The number of carbonyl (C=O) groups is 2. The van der Waals surface area contributed by atoms with E-state index in [4.69, 9.17) is 4.74 Å². The van der Waals surface area contributed by atoms with Gasteiger partial charge in [0.05, 0.1) is 6.61 Å². The molecule has 1 aliphatic rings. The Kier molecular flexibility index (Phi) is 7.42. The van der Waals surface area contributed by atoms with Crippen LogP contribution in [-0.4, -0.2) is 31.2 Å². The smallest absolute Gasteiger partial charge is 0.387 e. The van der Waals surface area contributed by atoms with Gasteiger partial charge in [-0.05, 0) is 67.8 Å². The van der Waals surface area contributed by atoms with E-state index in [1.165, 1.54) is 30.4 Å². The number of rotatable bonds is 9. The third kappa shape index (κ3) is 7.29. The van der Waals surface area contributed by atoms with E-state index in [2.05, 4.69) is 20.7 Å². The van der Waals surface area contributed by atoms with Gasteiger partial charge in [-0.3, -0.25) is 4.79 Å². The van der Waals surface area contributed by atoms with Crippen LogP contribution in [0.15, 0.2) is 48.5 Å². The lowest BCUT2D eigenvalue weighted by Gasteiger charge is -2.11. The molecule has 0 atom stereocenters. The molecule has 0 bridgehead atoms. The third-order valence-electron chi connectivity index (χ3n) is 4.23. The van der Waals surface area contributed by atoms with Crippen molar-refractivity contribution < 1.29 is 27.8 Å². The molecular weight excluding hydrogens is 408 g/mol. The molecule has 1 aliphatic carbocycles. The van der Waals surface area contributed by atoms with Crippen molar-refractivity contribution in [2.45, 2.75) is 32.4 Å². The molecule has 1 saturated carbocycles. The number of hydrogen-bond acceptors (Lipinski definition) is 4. The van der Waals surface area contributed by atoms with Crippen LogP contribution < -0.4 is 25.4 Å². The van der Waals surface area contributed by atoms with Crippen molar-refractivity contribution in [3.05, 3.63) is 54.1 Å². The zero-order chi connectivity index (χ0) is 22.2. The first-order chi connectivity index (χ1) is 14.9. The number of urea groups is 1. The molecule has 0 saturated heterocycles. The average Bonchev–Trinajstić information content (AvgIpc) is 3.53. The summed E-state index contributed by atoms with van der Waals surface area (Å²) in [6.07, 6.45) is 4.86. The molecule has 3 amide bonds. The van der Waals surface area contributed by atoms with Gasteiger partial charge < -0.3 is 25.4 Å². The SMILES string of the molecule is CCOc1cc(/C=C/C(=O)Nc2ccc(NC(=O)NC3CC3)cc2)ccc1OC(F)F. The molecule has 0 aliphatic heterocycles. The van der Waals surface area contributed by atoms with Crippen LogP contribution in [0, 0.1) is 0 Å². The van der Waals surface area contributed by atoms with Gasteiger partial charge in [0.1, 0.15) is 0 Å². The Hall–Kier alpha value is -3.62. The highest BCUT2D eigenvalue weighted by Crippen LogP contribution is 2.30. The molecule has 164 valence electrons. The predicted molar refractivity (Wildman–Crippen MR) is 114 cm³/mol. The van der Waals surface area contributed by atoms with Crippen molar-refractivity contribution in [3.8, 4) is 11.5 Å². The van der Waals surface area contributed by atoms with Crippen LogP contribution in [0.3, 0.4) is 0 Å². The summed E-state index contributed by atoms with van der Waals surface area (Å²) < 4.78 is 34.7. The van der Waals surface area contributed by atoms with E-state index in [0.29, 0.717) is 16.9 Å². The van der Waals surface area contributed by atoms with Crippen LogP contribution in [0.4, 0.5) is 25.0 Å². The van der Waals surface area contributed by atoms with Gasteiger partial charge in [0.25, 0.3) is 0 Å². The minimum Gasteiger partial charge on any atom is -0.490 e. The number of carbonyl (C=O) groups excluding carboxylic acids is 2. The minimum atomic E-state index is -2.96. The van der Waals surface area contributed by atoms with Gasteiger partial charge in [-0.25, -0.2) is 4.79 Å². The molecule has 0 radical (unpaired) electrons. The molecule has 0 heterocycles. The largest absolute Gasteiger partial charge is 0.490 e. The van der Waals surface area contributed by atoms with E-state index in [9.17, 15) is 18.4 Å². The molecule has 7 nitrogen and oxygen atoms in total. The monoisotopic (exact) mass is 431 g/mol. The first-order valence-corrected chi connectivity index (χ1v) is 9.81. The fraction of sp³-hybridized carbons (Fsp3) is 0.273. The minimum absolute atomic E-state index is 0.0713. The summed E-state index contributed by atoms with van der Waals surface area (Å²) >= 11 is 0. The number of benzene rings is 2. The third-order valence-corrected chi connectivity index (χ3v) is 4.23. The number of amides is 3. The highest BCUT2D eigenvalue weighted by molar-refractivity contribution is 6.02. The maximum absolute atomic E-state index is 12.5. The van der Waals surface area contributed by atoms with Crippen molar-refractivity contribution in [1.29, 1.82) is 0 Å². The number of halogens is 2. The molecule has 9 heteroatoms. The van der Waals surface area contributed by atoms with Gasteiger partial charge in [0.15, 0.2) is 11.5 Å². The summed E-state index contributed by atoms with van der Waals surface area (Å²) in [5.41, 5.74) is 1.75. The van der Waals surface area contributed by atoms with Crippen molar-refractivity contribution in [1.82, 2.24) is 5.32 Å². The Morgan fingerprint density at radius 1 is 1.06 bits per heavy atom. The van der Waals surface area contributed by atoms with Crippen molar-refractivity contribution in [2.24, 2.45) is 0 Å². The molecule has 0 unspecified atom stereocenters. The fourth-order valence-corrected chi connectivity index (χ4v) is 2.66. The van der Waals surface area contributed by atoms with Gasteiger partial charge in [0.2, 0.25) is 5.91 Å². The number of alkyl halides is 2. The Bertz CT molecular complexity index is 944. The van der Waals surface area contributed by atoms with Gasteiger partial charge in [-0.15, -0.1) is 0 Å². The second-order valence-electron chi connectivity index (χ2n) is 6.79. The van der Waals surface area contributed by atoms with Gasteiger partial charge >= 0.3 is 12.6 Å². The van der Waals surface area contributed by atoms with Crippen molar-refractivity contribution in [2.75, 3.05) is 17.2 Å². The van der Waals surface area contributed by atoms with E-state index in [0.717, 1.165) is 12.8 Å². The lowest BCUT2D eigenvalue weighted by Crippen LogP contribution is -2.30. The zero-order valence-corrected chi connectivity index (χ0v) is 16.9. The Labute approximate surface area is 178 Å². The van der Waals surface area contributed by atoms with Crippen LogP contribution in [-0.2, 0) is 4.79 Å². The Morgan fingerprint density at radius 3 is 2.35 bits per heavy atom. The molecule has 2 aromatic carbocycles. The highest BCUT2D eigenvalue weighted by Gasteiger charge is 2.23. The number of ether oxygens (including phenoxy) is 2. The molecule has 1 fully saturated rings. The topological polar surface area (TPSA) is 88.7 Å². The van der Waals surface area contributed by atoms with Crippen LogP contribution in [0.2, 0.25) is 0 Å². The van der Waals surface area contributed by atoms with E-state index in [1.54, 1.807) is 31.2 Å². The van der Waals surface area contributed by atoms with Crippen molar-refractivity contribution in [3.63, 3.8) is 0 Å². The summed E-state index contributed by atoms with van der Waals surface area (Å²) in [5, 5.41) is 8.25. The Morgan fingerprint density at radius 2 is 1.74 bits per heavy atom. The van der Waals surface area contributed by atoms with E-state index in [1.807, 2.05) is 0 Å². The summed E-state index contributed by atoms with van der Waals surface area (Å²) in [6, 6.07) is 11.1. The van der Waals surface area contributed by atoms with Crippen molar-refractivity contribution >= 4 is 29.4 Å². The summed E-state index contributed by atoms with van der Waals surface area (Å²) in [5.74, 6) is -0.282. The summed E-state index contributed by atoms with van der Waals surface area (Å²) in [6.45, 7) is -0.955. The van der Waals surface area contributed by atoms with E-state index in [-0.39, 0.29) is 36.1 Å². The Balaban J connectivity index is 1.55. The molecular formula is C22H23F2N3O4. The molecule has 0 spiro atoms. The second-order valence-corrected chi connectivity index (χ2v) is 6.79. The van der Waals surface area contributed by atoms with Crippen LogP contribution in [0.25, 0.3) is 6.08 Å². The molecule has 31 heavy (non-hydrogen) atoms. The van der Waals surface area contributed by atoms with E-state index >= 15 is 0 Å². The standard InChI is InChI=1S/C22H23F2N3O4/c1-2-30-19-13-14(3-11-18(19)31-21(23)24)4-12-20(28)25-15-5-7-16(8-6-15)26-22(29)27-17-9-10-17/h3-8,11-13,17,21H,2,9-10H2,1H3,(H,25,28)(H2,26,27,29)/b12-4+. The van der Waals surface area contributed by atoms with E-state index < -0.39 is 6.61 Å². The lowest BCUT2D eigenvalue weighted by atomic mass is 10.2. The number of hydrogen-bond donors (Lipinski definition) is 3. The first kappa shape index (κ1) is 22.1. The van der Waals surface area contributed by atoms with Gasteiger partial charge in [-0.1, -0.05) is 6.07 Å². The number of anilines is 2. The first-order valence-electron chi connectivity index (χ1n) is 9.81. The molecule has 2 aromatic rings. The van der Waals surface area contributed by atoms with Gasteiger partial charge in [0, 0.05) is 23.5 Å². The highest BCUT2D eigenvalue weighted by atomic mass is 19.3. The molecule has 0 aromatic heterocycles. The molecule has 3 N–H and O–H groups in total. The van der Waals surface area contributed by atoms with Gasteiger partial charge in [-0.2, -0.15) is 8.78 Å². The fourth-order valence-electron chi connectivity index (χ4n) is 2.66. The number of nitrogens with one attached hydrogen (secondary N) is 3. The predicted octanol–water partition coefficient (Wildman–Crippen LogP) is 4.62. The lowest BCUT2D eigenvalue weighted by molar-refractivity contribution is -0.111. The maximum Gasteiger partial charge on any atom is 0.387 e. The maximum atomic E-state index is 12.5. The average molecular weight is 431 g/mol. The van der Waals surface area contributed by atoms with Crippen LogP contribution in [0.1, 0.15) is 25.3 Å². The second kappa shape index (κ2) is 10.4. The van der Waals surface area contributed by atoms with Crippen LogP contribution in [0.5, 0.6) is 11.5 Å². The summed E-state index contributed by atoms with van der Waals surface area (Å²) in [4.78, 5) is 23.9. The normalized spacial score (nSPS) is 13.2. The molecule has 3 rings (SSSR count). The van der Waals surface area contributed by atoms with Crippen LogP contribution >= 0.6 is 0 Å².